The molecule has 0 fully saturated rings. The van der Waals surface area contributed by atoms with Crippen LogP contribution in [0.1, 0.15) is 15.9 Å². The lowest BCUT2D eigenvalue weighted by molar-refractivity contribution is 0.0953. The fraction of sp³-hybridized carbons (Fsp3) is 0.118. The second kappa shape index (κ2) is 5.81. The van der Waals surface area contributed by atoms with E-state index in [0.29, 0.717) is 13.0 Å². The molecule has 0 bridgehead atoms. The molecule has 0 spiro atoms. The Morgan fingerprint density at radius 2 is 1.82 bits per heavy atom. The number of hydrogen-bond acceptors (Lipinski definition) is 4. The summed E-state index contributed by atoms with van der Waals surface area (Å²) >= 11 is 0. The average molecular weight is 297 g/mol. The fourth-order valence-electron chi connectivity index (χ4n) is 2.37. The monoisotopic (exact) mass is 297 g/mol. The summed E-state index contributed by atoms with van der Waals surface area (Å²) in [6.07, 6.45) is 2.32. The van der Waals surface area contributed by atoms with Crippen molar-refractivity contribution in [1.29, 1.82) is 0 Å². The summed E-state index contributed by atoms with van der Waals surface area (Å²) < 4.78 is 5.44. The standard InChI is InChI=1S/C17H15NO4/c19-13-7-12(8-14(20)9-13)17(21)18-6-5-11-10-22-16-4-2-1-3-15(11)16/h1-4,7-10,19-20H,5-6H2,(H,18,21). The first-order valence-corrected chi connectivity index (χ1v) is 6.90. The van der Waals surface area contributed by atoms with Gasteiger partial charge in [0.05, 0.1) is 6.26 Å². The molecule has 0 aliphatic heterocycles. The Morgan fingerprint density at radius 3 is 2.59 bits per heavy atom. The third-order valence-corrected chi connectivity index (χ3v) is 3.41. The first-order valence-electron chi connectivity index (χ1n) is 6.90. The molecule has 0 atom stereocenters. The van der Waals surface area contributed by atoms with Crippen LogP contribution in [0.15, 0.2) is 53.1 Å². The lowest BCUT2D eigenvalue weighted by Gasteiger charge is -2.06. The highest BCUT2D eigenvalue weighted by Crippen LogP contribution is 2.21. The van der Waals surface area contributed by atoms with E-state index in [1.807, 2.05) is 24.3 Å². The molecule has 0 aliphatic carbocycles. The number of rotatable bonds is 4. The second-order valence-electron chi connectivity index (χ2n) is 5.00. The number of carbonyl (C=O) groups is 1. The van der Waals surface area contributed by atoms with Gasteiger partial charge in [-0.15, -0.1) is 0 Å². The fourth-order valence-corrected chi connectivity index (χ4v) is 2.37. The lowest BCUT2D eigenvalue weighted by Crippen LogP contribution is -2.25. The average Bonchev–Trinajstić information content (AvgIpc) is 2.90. The van der Waals surface area contributed by atoms with Crippen LogP contribution in [-0.2, 0) is 6.42 Å². The molecule has 0 saturated heterocycles. The molecule has 5 heteroatoms. The van der Waals surface area contributed by atoms with Gasteiger partial charge < -0.3 is 19.9 Å². The van der Waals surface area contributed by atoms with E-state index >= 15 is 0 Å². The van der Waals surface area contributed by atoms with Crippen LogP contribution in [-0.4, -0.2) is 22.7 Å². The topological polar surface area (TPSA) is 82.7 Å². The summed E-state index contributed by atoms with van der Waals surface area (Å²) in [5.41, 5.74) is 2.06. The highest BCUT2D eigenvalue weighted by molar-refractivity contribution is 5.95. The van der Waals surface area contributed by atoms with Gasteiger partial charge >= 0.3 is 0 Å². The van der Waals surface area contributed by atoms with E-state index in [-0.39, 0.29) is 23.0 Å². The molecule has 1 amide bonds. The Balaban J connectivity index is 1.64. The molecule has 5 nitrogen and oxygen atoms in total. The minimum absolute atomic E-state index is 0.147. The molecular weight excluding hydrogens is 282 g/mol. The molecule has 1 aromatic heterocycles. The maximum Gasteiger partial charge on any atom is 0.251 e. The van der Waals surface area contributed by atoms with E-state index in [0.717, 1.165) is 16.5 Å². The Bertz CT molecular complexity index is 802. The summed E-state index contributed by atoms with van der Waals surface area (Å²) in [6, 6.07) is 11.5. The van der Waals surface area contributed by atoms with E-state index < -0.39 is 0 Å². The predicted octanol–water partition coefficient (Wildman–Crippen LogP) is 2.82. The van der Waals surface area contributed by atoms with Crippen molar-refractivity contribution < 1.29 is 19.4 Å². The zero-order chi connectivity index (χ0) is 15.5. The minimum Gasteiger partial charge on any atom is -0.508 e. The third-order valence-electron chi connectivity index (χ3n) is 3.41. The van der Waals surface area contributed by atoms with Crippen molar-refractivity contribution in [2.45, 2.75) is 6.42 Å². The van der Waals surface area contributed by atoms with Crippen molar-refractivity contribution in [3.05, 3.63) is 59.9 Å². The van der Waals surface area contributed by atoms with Crippen molar-refractivity contribution in [3.8, 4) is 11.5 Å². The van der Waals surface area contributed by atoms with E-state index in [1.165, 1.54) is 18.2 Å². The van der Waals surface area contributed by atoms with Gasteiger partial charge in [-0.25, -0.2) is 0 Å². The molecule has 0 aliphatic rings. The van der Waals surface area contributed by atoms with Gasteiger partial charge in [0.25, 0.3) is 5.91 Å². The molecule has 22 heavy (non-hydrogen) atoms. The van der Waals surface area contributed by atoms with Crippen LogP contribution in [0.25, 0.3) is 11.0 Å². The molecule has 3 aromatic rings. The summed E-state index contributed by atoms with van der Waals surface area (Å²) in [5, 5.41) is 22.6. The molecule has 112 valence electrons. The van der Waals surface area contributed by atoms with Gasteiger partial charge in [0.1, 0.15) is 17.1 Å². The summed E-state index contributed by atoms with van der Waals surface area (Å²) in [4.78, 5) is 12.0. The van der Waals surface area contributed by atoms with E-state index in [1.54, 1.807) is 6.26 Å². The Kier molecular flexibility index (Phi) is 3.70. The van der Waals surface area contributed by atoms with Gasteiger partial charge in [-0.2, -0.15) is 0 Å². The number of benzene rings is 2. The molecule has 3 N–H and O–H groups in total. The number of carbonyl (C=O) groups excluding carboxylic acids is 1. The number of furan rings is 1. The van der Waals surface area contributed by atoms with Crippen LogP contribution < -0.4 is 5.32 Å². The maximum atomic E-state index is 12.0. The molecule has 2 aromatic carbocycles. The van der Waals surface area contributed by atoms with Crippen LogP contribution in [0.2, 0.25) is 0 Å². The van der Waals surface area contributed by atoms with Gasteiger partial charge in [-0.05, 0) is 30.2 Å². The zero-order valence-corrected chi connectivity index (χ0v) is 11.7. The zero-order valence-electron chi connectivity index (χ0n) is 11.7. The Morgan fingerprint density at radius 1 is 1.09 bits per heavy atom. The SMILES string of the molecule is O=C(NCCc1coc2ccccc12)c1cc(O)cc(O)c1. The number of phenolic OH excluding ortho intramolecular Hbond substituents is 2. The highest BCUT2D eigenvalue weighted by atomic mass is 16.3. The first kappa shape index (κ1) is 14.0. The Hall–Kier alpha value is -2.95. The number of para-hydroxylation sites is 1. The van der Waals surface area contributed by atoms with E-state index in [2.05, 4.69) is 5.32 Å². The number of amides is 1. The van der Waals surface area contributed by atoms with Crippen molar-refractivity contribution in [3.63, 3.8) is 0 Å². The quantitative estimate of drug-likeness (QED) is 0.691. The predicted molar refractivity (Wildman–Crippen MR) is 82.0 cm³/mol. The molecule has 0 radical (unpaired) electrons. The van der Waals surface area contributed by atoms with Gasteiger partial charge in [0, 0.05) is 23.6 Å². The van der Waals surface area contributed by atoms with Gasteiger partial charge in [-0.1, -0.05) is 18.2 Å². The molecular formula is C17H15NO4. The minimum atomic E-state index is -0.348. The molecule has 1 heterocycles. The smallest absolute Gasteiger partial charge is 0.251 e. The van der Waals surface area contributed by atoms with Crippen molar-refractivity contribution in [2.24, 2.45) is 0 Å². The van der Waals surface area contributed by atoms with Crippen LogP contribution in [0.4, 0.5) is 0 Å². The van der Waals surface area contributed by atoms with Crippen molar-refractivity contribution in [1.82, 2.24) is 5.32 Å². The van der Waals surface area contributed by atoms with Crippen LogP contribution in [0, 0.1) is 0 Å². The maximum absolute atomic E-state index is 12.0. The molecule has 0 saturated carbocycles. The molecule has 0 unspecified atom stereocenters. The van der Waals surface area contributed by atoms with Crippen LogP contribution >= 0.6 is 0 Å². The van der Waals surface area contributed by atoms with Crippen molar-refractivity contribution >= 4 is 16.9 Å². The van der Waals surface area contributed by atoms with Gasteiger partial charge in [0.15, 0.2) is 0 Å². The number of fused-ring (bicyclic) bond motifs is 1. The summed E-state index contributed by atoms with van der Waals surface area (Å²) in [6.45, 7) is 0.429. The first-order chi connectivity index (χ1) is 10.6. The highest BCUT2D eigenvalue weighted by Gasteiger charge is 2.09. The van der Waals surface area contributed by atoms with E-state index in [4.69, 9.17) is 4.42 Å². The largest absolute Gasteiger partial charge is 0.508 e. The number of nitrogens with one attached hydrogen (secondary N) is 1. The van der Waals surface area contributed by atoms with Gasteiger partial charge in [-0.3, -0.25) is 4.79 Å². The number of phenols is 2. The second-order valence-corrected chi connectivity index (χ2v) is 5.00. The van der Waals surface area contributed by atoms with Gasteiger partial charge in [0.2, 0.25) is 0 Å². The Labute approximate surface area is 126 Å². The van der Waals surface area contributed by atoms with Crippen LogP contribution in [0.3, 0.4) is 0 Å². The van der Waals surface area contributed by atoms with Crippen LogP contribution in [0.5, 0.6) is 11.5 Å². The number of aromatic hydroxyl groups is 2. The van der Waals surface area contributed by atoms with Crippen molar-refractivity contribution in [2.75, 3.05) is 6.54 Å². The summed E-state index contributed by atoms with van der Waals surface area (Å²) in [5.74, 6) is -0.643. The van der Waals surface area contributed by atoms with E-state index in [9.17, 15) is 15.0 Å². The molecule has 3 rings (SSSR count). The number of hydrogen-bond donors (Lipinski definition) is 3. The lowest BCUT2D eigenvalue weighted by atomic mass is 10.1. The third kappa shape index (κ3) is 2.88. The normalized spacial score (nSPS) is 10.7. The summed E-state index contributed by atoms with van der Waals surface area (Å²) in [7, 11) is 0.